The number of carboxylic acid groups (broad SMARTS) is 1. The summed E-state index contributed by atoms with van der Waals surface area (Å²) in [5, 5.41) is 9.12. The number of hydrogen-bond donors (Lipinski definition) is 1. The van der Waals surface area contributed by atoms with Gasteiger partial charge in [-0.2, -0.15) is 4.98 Å². The highest BCUT2D eigenvalue weighted by Gasteiger charge is 2.11. The summed E-state index contributed by atoms with van der Waals surface area (Å²) in [5.74, 6) is 0.564. The molecule has 6 heteroatoms. The number of carboxylic acids is 1. The molecule has 1 aromatic heterocycles. The van der Waals surface area contributed by atoms with E-state index >= 15 is 0 Å². The third kappa shape index (κ3) is 3.70. The third-order valence-corrected chi connectivity index (χ3v) is 3.05. The summed E-state index contributed by atoms with van der Waals surface area (Å²) in [4.78, 5) is 19.5. The standard InChI is InChI=1S/C15H15ClN2O3/c1-8(2)14-17-9(3)6-13(18-14)21-12-5-4-10(15(19)20)7-11(12)16/h4-8H,1-3H3,(H,19,20). The molecule has 2 aromatic rings. The van der Waals surface area contributed by atoms with E-state index in [0.29, 0.717) is 17.5 Å². The lowest BCUT2D eigenvalue weighted by Crippen LogP contribution is -2.02. The highest BCUT2D eigenvalue weighted by Crippen LogP contribution is 2.30. The lowest BCUT2D eigenvalue weighted by atomic mass is 10.2. The molecule has 21 heavy (non-hydrogen) atoms. The maximum atomic E-state index is 10.9. The molecule has 1 N–H and O–H groups in total. The highest BCUT2D eigenvalue weighted by atomic mass is 35.5. The quantitative estimate of drug-likeness (QED) is 0.922. The molecule has 2 rings (SSSR count). The predicted octanol–water partition coefficient (Wildman–Crippen LogP) is 4.05. The molecule has 0 spiro atoms. The molecule has 0 saturated heterocycles. The Kier molecular flexibility index (Phi) is 4.43. The molecule has 0 aliphatic rings. The first-order valence-corrected chi connectivity index (χ1v) is 6.81. The van der Waals surface area contributed by atoms with E-state index in [2.05, 4.69) is 9.97 Å². The fraction of sp³-hybridized carbons (Fsp3) is 0.267. The Morgan fingerprint density at radius 2 is 2.00 bits per heavy atom. The minimum Gasteiger partial charge on any atom is -0.478 e. The van der Waals surface area contributed by atoms with Gasteiger partial charge in [-0.05, 0) is 25.1 Å². The molecule has 1 heterocycles. The number of rotatable bonds is 4. The van der Waals surface area contributed by atoms with E-state index in [1.165, 1.54) is 18.2 Å². The maximum absolute atomic E-state index is 10.9. The summed E-state index contributed by atoms with van der Waals surface area (Å²) in [7, 11) is 0. The Morgan fingerprint density at radius 3 is 2.57 bits per heavy atom. The fourth-order valence-electron chi connectivity index (χ4n) is 1.70. The summed E-state index contributed by atoms with van der Waals surface area (Å²) in [6.07, 6.45) is 0. The summed E-state index contributed by atoms with van der Waals surface area (Å²) in [6, 6.07) is 5.99. The van der Waals surface area contributed by atoms with Crippen molar-refractivity contribution in [3.8, 4) is 11.6 Å². The molecule has 110 valence electrons. The van der Waals surface area contributed by atoms with Crippen LogP contribution in [-0.2, 0) is 0 Å². The summed E-state index contributed by atoms with van der Waals surface area (Å²) in [5.41, 5.74) is 0.899. The van der Waals surface area contributed by atoms with E-state index in [1.807, 2.05) is 20.8 Å². The van der Waals surface area contributed by atoms with Gasteiger partial charge < -0.3 is 9.84 Å². The van der Waals surface area contributed by atoms with Crippen LogP contribution in [0.25, 0.3) is 0 Å². The second-order valence-electron chi connectivity index (χ2n) is 4.91. The molecule has 0 amide bonds. The Morgan fingerprint density at radius 1 is 1.29 bits per heavy atom. The highest BCUT2D eigenvalue weighted by molar-refractivity contribution is 6.32. The van der Waals surface area contributed by atoms with Crippen LogP contribution in [0.1, 0.15) is 41.6 Å². The topological polar surface area (TPSA) is 72.3 Å². The second kappa shape index (κ2) is 6.10. The first-order chi connectivity index (χ1) is 9.86. The van der Waals surface area contributed by atoms with Gasteiger partial charge in [0, 0.05) is 17.7 Å². The number of aryl methyl sites for hydroxylation is 1. The van der Waals surface area contributed by atoms with Gasteiger partial charge in [-0.3, -0.25) is 0 Å². The number of halogens is 1. The summed E-state index contributed by atoms with van der Waals surface area (Å²) in [6.45, 7) is 5.84. The van der Waals surface area contributed by atoms with Crippen molar-refractivity contribution in [2.24, 2.45) is 0 Å². The van der Waals surface area contributed by atoms with E-state index in [0.717, 1.165) is 5.69 Å². The predicted molar refractivity (Wildman–Crippen MR) is 79.3 cm³/mol. The first kappa shape index (κ1) is 15.3. The smallest absolute Gasteiger partial charge is 0.335 e. The first-order valence-electron chi connectivity index (χ1n) is 6.43. The van der Waals surface area contributed by atoms with Gasteiger partial charge >= 0.3 is 5.97 Å². The van der Waals surface area contributed by atoms with Gasteiger partial charge in [-0.1, -0.05) is 25.4 Å². The van der Waals surface area contributed by atoms with Crippen LogP contribution in [0.2, 0.25) is 5.02 Å². The molecule has 0 atom stereocenters. The van der Waals surface area contributed by atoms with E-state index < -0.39 is 5.97 Å². The van der Waals surface area contributed by atoms with Crippen molar-refractivity contribution in [2.75, 3.05) is 0 Å². The molecule has 0 aliphatic heterocycles. The van der Waals surface area contributed by atoms with Crippen molar-refractivity contribution in [3.05, 3.63) is 46.4 Å². The lowest BCUT2D eigenvalue weighted by Gasteiger charge is -2.10. The van der Waals surface area contributed by atoms with Crippen molar-refractivity contribution in [2.45, 2.75) is 26.7 Å². The fourth-order valence-corrected chi connectivity index (χ4v) is 1.92. The zero-order valence-electron chi connectivity index (χ0n) is 11.9. The van der Waals surface area contributed by atoms with Crippen LogP contribution in [0, 0.1) is 6.92 Å². The molecule has 0 unspecified atom stereocenters. The number of aromatic nitrogens is 2. The maximum Gasteiger partial charge on any atom is 0.335 e. The Labute approximate surface area is 127 Å². The van der Waals surface area contributed by atoms with Crippen molar-refractivity contribution < 1.29 is 14.6 Å². The molecule has 0 bridgehead atoms. The van der Waals surface area contributed by atoms with Crippen LogP contribution in [0.3, 0.4) is 0 Å². The molecular weight excluding hydrogens is 292 g/mol. The van der Waals surface area contributed by atoms with Gasteiger partial charge in [-0.25, -0.2) is 9.78 Å². The lowest BCUT2D eigenvalue weighted by molar-refractivity contribution is 0.0697. The van der Waals surface area contributed by atoms with Gasteiger partial charge in [0.05, 0.1) is 10.6 Å². The van der Waals surface area contributed by atoms with Crippen LogP contribution < -0.4 is 4.74 Å². The van der Waals surface area contributed by atoms with Crippen molar-refractivity contribution in [3.63, 3.8) is 0 Å². The SMILES string of the molecule is Cc1cc(Oc2ccc(C(=O)O)cc2Cl)nc(C(C)C)n1. The molecule has 0 radical (unpaired) electrons. The Hall–Kier alpha value is -2.14. The number of benzene rings is 1. The number of nitrogens with zero attached hydrogens (tertiary/aromatic N) is 2. The Bertz CT molecular complexity index is 687. The van der Waals surface area contributed by atoms with E-state index in [4.69, 9.17) is 21.4 Å². The molecule has 0 aliphatic carbocycles. The molecule has 0 fully saturated rings. The van der Waals surface area contributed by atoms with Crippen LogP contribution in [0.5, 0.6) is 11.6 Å². The number of hydrogen-bond acceptors (Lipinski definition) is 4. The van der Waals surface area contributed by atoms with Crippen molar-refractivity contribution in [1.29, 1.82) is 0 Å². The molecule has 0 saturated carbocycles. The van der Waals surface area contributed by atoms with E-state index in [1.54, 1.807) is 6.07 Å². The van der Waals surface area contributed by atoms with Crippen LogP contribution in [0.4, 0.5) is 0 Å². The van der Waals surface area contributed by atoms with Crippen LogP contribution in [-0.4, -0.2) is 21.0 Å². The Balaban J connectivity index is 2.32. The van der Waals surface area contributed by atoms with Crippen molar-refractivity contribution in [1.82, 2.24) is 9.97 Å². The van der Waals surface area contributed by atoms with Gasteiger partial charge in [0.15, 0.2) is 0 Å². The molecule has 5 nitrogen and oxygen atoms in total. The van der Waals surface area contributed by atoms with Crippen LogP contribution in [0.15, 0.2) is 24.3 Å². The largest absolute Gasteiger partial charge is 0.478 e. The van der Waals surface area contributed by atoms with E-state index in [-0.39, 0.29) is 16.5 Å². The summed E-state index contributed by atoms with van der Waals surface area (Å²) < 4.78 is 5.64. The van der Waals surface area contributed by atoms with Gasteiger partial charge in [0.2, 0.25) is 5.88 Å². The minimum atomic E-state index is -1.04. The van der Waals surface area contributed by atoms with Gasteiger partial charge in [0.25, 0.3) is 0 Å². The molecular formula is C15H15ClN2O3. The minimum absolute atomic E-state index is 0.106. The van der Waals surface area contributed by atoms with Gasteiger partial charge in [-0.15, -0.1) is 0 Å². The number of aromatic carboxylic acids is 1. The summed E-state index contributed by atoms with van der Waals surface area (Å²) >= 11 is 6.03. The second-order valence-corrected chi connectivity index (χ2v) is 5.32. The zero-order valence-corrected chi connectivity index (χ0v) is 12.7. The number of ether oxygens (including phenoxy) is 1. The average Bonchev–Trinajstić information content (AvgIpc) is 2.40. The normalized spacial score (nSPS) is 10.7. The average molecular weight is 307 g/mol. The number of carbonyl (C=O) groups is 1. The van der Waals surface area contributed by atoms with Crippen LogP contribution >= 0.6 is 11.6 Å². The monoisotopic (exact) mass is 306 g/mol. The third-order valence-electron chi connectivity index (χ3n) is 2.76. The van der Waals surface area contributed by atoms with E-state index in [9.17, 15) is 4.79 Å². The van der Waals surface area contributed by atoms with Crippen molar-refractivity contribution >= 4 is 17.6 Å². The molecule has 1 aromatic carbocycles. The zero-order chi connectivity index (χ0) is 15.6. The van der Waals surface area contributed by atoms with Gasteiger partial charge in [0.1, 0.15) is 11.6 Å².